The van der Waals surface area contributed by atoms with Crippen molar-refractivity contribution in [2.45, 2.75) is 23.5 Å². The average molecular weight is 448 g/mol. The molecule has 1 aliphatic heterocycles. The molecule has 3 aromatic rings. The predicted octanol–water partition coefficient (Wildman–Crippen LogP) is 6.02. The molecule has 1 atom stereocenters. The first-order valence-corrected chi connectivity index (χ1v) is 10.3. The van der Waals surface area contributed by atoms with Gasteiger partial charge in [-0.15, -0.1) is 11.8 Å². The van der Waals surface area contributed by atoms with Crippen LogP contribution in [-0.4, -0.2) is 15.9 Å². The van der Waals surface area contributed by atoms with Gasteiger partial charge in [-0.1, -0.05) is 35.3 Å². The van der Waals surface area contributed by atoms with Gasteiger partial charge in [-0.2, -0.15) is 0 Å². The van der Waals surface area contributed by atoms with Crippen LogP contribution in [0.3, 0.4) is 0 Å². The fraction of sp³-hybridized carbons (Fsp3) is 0.143. The van der Waals surface area contributed by atoms with E-state index in [0.717, 1.165) is 4.90 Å². The van der Waals surface area contributed by atoms with Gasteiger partial charge in [0.15, 0.2) is 0 Å². The lowest BCUT2D eigenvalue weighted by atomic mass is 10.0. The molecule has 4 rings (SSSR count). The van der Waals surface area contributed by atoms with E-state index >= 15 is 0 Å². The normalized spacial score (nSPS) is 16.1. The Bertz CT molecular complexity index is 1210. The van der Waals surface area contributed by atoms with E-state index in [1.807, 2.05) is 24.3 Å². The molecule has 5 nitrogen and oxygen atoms in total. The van der Waals surface area contributed by atoms with Crippen molar-refractivity contribution in [1.82, 2.24) is 0 Å². The zero-order valence-corrected chi connectivity index (χ0v) is 17.5. The molecule has 29 heavy (non-hydrogen) atoms. The second-order valence-corrected chi connectivity index (χ2v) is 8.66. The lowest BCUT2D eigenvalue weighted by Crippen LogP contribution is -2.17. The van der Waals surface area contributed by atoms with Crippen LogP contribution in [-0.2, 0) is 0 Å². The summed E-state index contributed by atoms with van der Waals surface area (Å²) in [7, 11) is 0. The molecule has 1 aromatic heterocycles. The summed E-state index contributed by atoms with van der Waals surface area (Å²) in [6.45, 7) is 1.58. The summed E-state index contributed by atoms with van der Waals surface area (Å²) in [5.74, 6) is 0.0255. The monoisotopic (exact) mass is 447 g/mol. The third kappa shape index (κ3) is 3.88. The number of aromatic hydroxyl groups is 2. The largest absolute Gasteiger partial charge is 0.507 e. The van der Waals surface area contributed by atoms with E-state index in [1.54, 1.807) is 13.0 Å². The molecule has 0 unspecified atom stereocenters. The summed E-state index contributed by atoms with van der Waals surface area (Å²) >= 11 is 13.8. The molecule has 0 saturated heterocycles. The Kier molecular flexibility index (Phi) is 5.34. The number of halogens is 2. The van der Waals surface area contributed by atoms with E-state index < -0.39 is 5.63 Å². The number of phenols is 1. The SMILES string of the molecule is Cc1cc(O)c(C2=Nc3ccccc3S[C@H](c3cc(Cl)cc(Cl)c3O)C2)c(=O)o1. The number of fused-ring (bicyclic) bond motifs is 1. The molecule has 8 heteroatoms. The van der Waals surface area contributed by atoms with Gasteiger partial charge in [0, 0.05) is 33.2 Å². The van der Waals surface area contributed by atoms with Crippen LogP contribution in [0.5, 0.6) is 11.5 Å². The molecule has 0 fully saturated rings. The highest BCUT2D eigenvalue weighted by Gasteiger charge is 2.28. The fourth-order valence-corrected chi connectivity index (χ4v) is 4.99. The highest BCUT2D eigenvalue weighted by atomic mass is 35.5. The van der Waals surface area contributed by atoms with Gasteiger partial charge in [-0.3, -0.25) is 4.99 Å². The zero-order valence-electron chi connectivity index (χ0n) is 15.1. The van der Waals surface area contributed by atoms with Crippen molar-refractivity contribution in [3.8, 4) is 11.5 Å². The molecular weight excluding hydrogens is 433 g/mol. The van der Waals surface area contributed by atoms with Crippen molar-refractivity contribution < 1.29 is 14.6 Å². The third-order valence-electron chi connectivity index (χ3n) is 4.52. The molecule has 0 aliphatic carbocycles. The molecule has 0 radical (unpaired) electrons. The highest BCUT2D eigenvalue weighted by Crippen LogP contribution is 2.49. The van der Waals surface area contributed by atoms with Gasteiger partial charge >= 0.3 is 5.63 Å². The van der Waals surface area contributed by atoms with E-state index in [9.17, 15) is 15.0 Å². The van der Waals surface area contributed by atoms with Gasteiger partial charge in [-0.25, -0.2) is 4.79 Å². The molecule has 2 heterocycles. The van der Waals surface area contributed by atoms with Gasteiger partial charge in [0.25, 0.3) is 0 Å². The number of rotatable bonds is 2. The van der Waals surface area contributed by atoms with Crippen molar-refractivity contribution in [1.29, 1.82) is 0 Å². The predicted molar refractivity (Wildman–Crippen MR) is 115 cm³/mol. The molecule has 2 N–H and O–H groups in total. The maximum Gasteiger partial charge on any atom is 0.348 e. The first kappa shape index (κ1) is 19.9. The van der Waals surface area contributed by atoms with Crippen LogP contribution in [0.2, 0.25) is 10.0 Å². The number of phenolic OH excluding ortho intramolecular Hbond substituents is 1. The van der Waals surface area contributed by atoms with Crippen LogP contribution in [0.15, 0.2) is 61.6 Å². The minimum absolute atomic E-state index is 0.00511. The van der Waals surface area contributed by atoms with Gasteiger partial charge in [0.1, 0.15) is 22.8 Å². The smallest absolute Gasteiger partial charge is 0.348 e. The van der Waals surface area contributed by atoms with Crippen molar-refractivity contribution >= 4 is 46.4 Å². The Morgan fingerprint density at radius 3 is 2.69 bits per heavy atom. The van der Waals surface area contributed by atoms with Crippen molar-refractivity contribution in [2.24, 2.45) is 4.99 Å². The minimum atomic E-state index is -0.669. The molecular formula is C21H15Cl2NO4S. The van der Waals surface area contributed by atoms with E-state index in [1.165, 1.54) is 23.9 Å². The topological polar surface area (TPSA) is 83.0 Å². The van der Waals surface area contributed by atoms with Crippen LogP contribution >= 0.6 is 35.0 Å². The molecule has 0 spiro atoms. The number of thioether (sulfide) groups is 1. The van der Waals surface area contributed by atoms with Gasteiger partial charge < -0.3 is 14.6 Å². The maximum atomic E-state index is 12.5. The quantitative estimate of drug-likeness (QED) is 0.501. The van der Waals surface area contributed by atoms with Crippen molar-refractivity contribution in [3.63, 3.8) is 0 Å². The maximum absolute atomic E-state index is 12.5. The number of hydrogen-bond donors (Lipinski definition) is 2. The first-order valence-electron chi connectivity index (χ1n) is 8.68. The van der Waals surface area contributed by atoms with Gasteiger partial charge in [-0.05, 0) is 31.2 Å². The first-order chi connectivity index (χ1) is 13.8. The number of hydrogen-bond acceptors (Lipinski definition) is 6. The third-order valence-corrected chi connectivity index (χ3v) is 6.33. The van der Waals surface area contributed by atoms with Crippen LogP contribution in [0.25, 0.3) is 0 Å². The number of aliphatic imine (C=N–C) groups is 1. The van der Waals surface area contributed by atoms with Crippen LogP contribution in [0, 0.1) is 6.92 Å². The van der Waals surface area contributed by atoms with Gasteiger partial charge in [0.2, 0.25) is 0 Å². The molecule has 2 aromatic carbocycles. The second-order valence-electron chi connectivity index (χ2n) is 6.57. The highest BCUT2D eigenvalue weighted by molar-refractivity contribution is 7.99. The summed E-state index contributed by atoms with van der Waals surface area (Å²) in [6, 6.07) is 11.9. The average Bonchev–Trinajstić information content (AvgIpc) is 2.83. The second kappa shape index (κ2) is 7.78. The minimum Gasteiger partial charge on any atom is -0.507 e. The summed E-state index contributed by atoms with van der Waals surface area (Å²) in [6.07, 6.45) is 0.241. The summed E-state index contributed by atoms with van der Waals surface area (Å²) < 4.78 is 5.18. The number of benzene rings is 2. The Morgan fingerprint density at radius 1 is 1.17 bits per heavy atom. The zero-order chi connectivity index (χ0) is 20.7. The van der Waals surface area contributed by atoms with E-state index in [2.05, 4.69) is 4.99 Å². The summed E-state index contributed by atoms with van der Waals surface area (Å²) in [4.78, 5) is 18.0. The molecule has 1 aliphatic rings. The van der Waals surface area contributed by atoms with Crippen molar-refractivity contribution in [2.75, 3.05) is 0 Å². The standard InChI is InChI=1S/C21H15Cl2NO4S/c1-10-6-16(25)19(21(27)28-10)15-9-18(12-7-11(22)8-13(23)20(12)26)29-17-5-3-2-4-14(17)24-15/h2-8,18,25-26H,9H2,1H3/t18-/m0/s1. The summed E-state index contributed by atoms with van der Waals surface area (Å²) in [5.41, 5.74) is 0.868. The molecule has 148 valence electrons. The Hall–Kier alpha value is -2.41. The number of aryl methyl sites for hydroxylation is 1. The van der Waals surface area contributed by atoms with Crippen LogP contribution < -0.4 is 5.63 Å². The van der Waals surface area contributed by atoms with Crippen LogP contribution in [0.1, 0.15) is 28.6 Å². The summed E-state index contributed by atoms with van der Waals surface area (Å²) in [5, 5.41) is 21.1. The van der Waals surface area contributed by atoms with Gasteiger partial charge in [0.05, 0.1) is 16.4 Å². The lowest BCUT2D eigenvalue weighted by molar-refractivity contribution is 0.432. The number of para-hydroxylation sites is 1. The van der Waals surface area contributed by atoms with E-state index in [0.29, 0.717) is 27.7 Å². The van der Waals surface area contributed by atoms with Crippen molar-refractivity contribution in [3.05, 3.63) is 79.8 Å². The van der Waals surface area contributed by atoms with Crippen LogP contribution in [0.4, 0.5) is 5.69 Å². The lowest BCUT2D eigenvalue weighted by Gasteiger charge is -2.18. The molecule has 0 amide bonds. The fourth-order valence-electron chi connectivity index (χ4n) is 3.24. The Labute approximate surface area is 180 Å². The Morgan fingerprint density at radius 2 is 1.93 bits per heavy atom. The molecule has 0 bridgehead atoms. The van der Waals surface area contributed by atoms with E-state index in [-0.39, 0.29) is 33.8 Å². The molecule has 0 saturated carbocycles. The Balaban J connectivity index is 1.91. The number of nitrogens with zero attached hydrogens (tertiary/aromatic N) is 1. The van der Waals surface area contributed by atoms with E-state index in [4.69, 9.17) is 27.6 Å².